The number of nitrogen functional groups attached to an aromatic ring is 1. The summed E-state index contributed by atoms with van der Waals surface area (Å²) in [6, 6.07) is 4.05. The van der Waals surface area contributed by atoms with E-state index in [9.17, 15) is 0 Å². The molecule has 4 rings (SSSR count). The van der Waals surface area contributed by atoms with Crippen LogP contribution in [-0.4, -0.2) is 15.8 Å². The highest BCUT2D eigenvalue weighted by Crippen LogP contribution is 2.34. The summed E-state index contributed by atoms with van der Waals surface area (Å²) in [5, 5.41) is 11.8. The molecule has 2 aromatic heterocycles. The zero-order valence-corrected chi connectivity index (χ0v) is 16.5. The second kappa shape index (κ2) is 7.58. The minimum absolute atomic E-state index is 0.359. The Labute approximate surface area is 166 Å². The molecule has 5 nitrogen and oxygen atoms in total. The number of nitrogens with zero attached hydrogens (tertiary/aromatic N) is 2. The molecule has 0 aliphatic heterocycles. The minimum atomic E-state index is 0.359. The second-order valence-corrected chi connectivity index (χ2v) is 7.90. The van der Waals surface area contributed by atoms with E-state index in [0.717, 1.165) is 52.9 Å². The van der Waals surface area contributed by atoms with Gasteiger partial charge in [-0.3, -0.25) is 10.4 Å². The molecule has 28 heavy (non-hydrogen) atoms. The maximum Gasteiger partial charge on any atom is 0.131 e. The number of aromatic nitrogens is 2. The van der Waals surface area contributed by atoms with Crippen molar-refractivity contribution in [3.8, 4) is 11.3 Å². The van der Waals surface area contributed by atoms with Gasteiger partial charge < -0.3 is 11.1 Å². The number of amidine groups is 1. The number of pyridine rings is 2. The first kappa shape index (κ1) is 18.4. The molecule has 1 saturated carbocycles. The highest BCUT2D eigenvalue weighted by Gasteiger charge is 2.30. The van der Waals surface area contributed by atoms with Gasteiger partial charge in [-0.2, -0.15) is 0 Å². The number of hydrogen-bond donors (Lipinski definition) is 3. The molecule has 4 N–H and O–H groups in total. The Bertz CT molecular complexity index is 973. The molecule has 0 aromatic carbocycles. The number of fused-ring (bicyclic) bond motifs is 1. The summed E-state index contributed by atoms with van der Waals surface area (Å²) in [5.74, 6) is 2.12. The minimum Gasteiger partial charge on any atom is -0.383 e. The summed E-state index contributed by atoms with van der Waals surface area (Å²) in [6.45, 7) is 4.28. The summed E-state index contributed by atoms with van der Waals surface area (Å²) >= 11 is 0. The van der Waals surface area contributed by atoms with Gasteiger partial charge in [0.15, 0.2) is 0 Å². The van der Waals surface area contributed by atoms with Gasteiger partial charge in [-0.05, 0) is 67.9 Å². The summed E-state index contributed by atoms with van der Waals surface area (Å²) in [5.41, 5.74) is 12.3. The average molecular weight is 374 g/mol. The number of allylic oxidation sites excluding steroid dienone is 2. The van der Waals surface area contributed by atoms with Crippen LogP contribution < -0.4 is 11.1 Å². The van der Waals surface area contributed by atoms with Crippen molar-refractivity contribution >= 4 is 23.8 Å². The van der Waals surface area contributed by atoms with E-state index >= 15 is 0 Å². The Morgan fingerprint density at radius 1 is 1.32 bits per heavy atom. The fourth-order valence-electron chi connectivity index (χ4n) is 3.93. The highest BCUT2D eigenvalue weighted by molar-refractivity contribution is 5.86. The fourth-order valence-corrected chi connectivity index (χ4v) is 3.93. The van der Waals surface area contributed by atoms with Gasteiger partial charge in [-0.1, -0.05) is 19.1 Å². The summed E-state index contributed by atoms with van der Waals surface area (Å²) < 4.78 is 0. The monoisotopic (exact) mass is 373 g/mol. The van der Waals surface area contributed by atoms with Crippen molar-refractivity contribution < 1.29 is 0 Å². The number of hydrogen-bond acceptors (Lipinski definition) is 4. The standard InChI is InChI=1S/C23H27N5/c1-14-7-8-18(14)22(24)27-17-5-3-4-6-19-16(11-17)12-21(28-23(19)25)20-13-26-10-9-15(20)2/h4,6,9-14,18H,3,5,7-8H2,1-2H3,(H2,24,27)(H2,25,28)/b6-4-,17-11+. The van der Waals surface area contributed by atoms with Crippen LogP contribution in [-0.2, 0) is 0 Å². The lowest BCUT2D eigenvalue weighted by molar-refractivity contribution is 0.266. The lowest BCUT2D eigenvalue weighted by Crippen LogP contribution is -2.38. The van der Waals surface area contributed by atoms with Crippen LogP contribution in [0.25, 0.3) is 23.4 Å². The fraction of sp³-hybridized carbons (Fsp3) is 0.348. The van der Waals surface area contributed by atoms with E-state index < -0.39 is 0 Å². The largest absolute Gasteiger partial charge is 0.383 e. The summed E-state index contributed by atoms with van der Waals surface area (Å²) in [7, 11) is 0. The van der Waals surface area contributed by atoms with Crippen molar-refractivity contribution in [1.29, 1.82) is 5.41 Å². The van der Waals surface area contributed by atoms with E-state index in [1.807, 2.05) is 12.3 Å². The molecule has 0 radical (unpaired) electrons. The van der Waals surface area contributed by atoms with Gasteiger partial charge >= 0.3 is 0 Å². The molecule has 0 bridgehead atoms. The molecule has 2 unspecified atom stereocenters. The third-order valence-corrected chi connectivity index (χ3v) is 5.92. The van der Waals surface area contributed by atoms with Crippen LogP contribution in [0, 0.1) is 24.2 Å². The van der Waals surface area contributed by atoms with Crippen molar-refractivity contribution in [2.75, 3.05) is 5.73 Å². The second-order valence-electron chi connectivity index (χ2n) is 7.90. The Kier molecular flexibility index (Phi) is 4.99. The topological polar surface area (TPSA) is 87.7 Å². The van der Waals surface area contributed by atoms with Crippen LogP contribution in [0.5, 0.6) is 0 Å². The first-order valence-electron chi connectivity index (χ1n) is 9.97. The first-order chi connectivity index (χ1) is 13.5. The van der Waals surface area contributed by atoms with Gasteiger partial charge in [-0.25, -0.2) is 4.98 Å². The molecule has 5 heteroatoms. The molecule has 0 saturated heterocycles. The summed E-state index contributed by atoms with van der Waals surface area (Å²) in [6.07, 6.45) is 14.1. The molecule has 1 fully saturated rings. The van der Waals surface area contributed by atoms with Crippen LogP contribution in [0.4, 0.5) is 5.82 Å². The number of aryl methyl sites for hydroxylation is 1. The lowest BCUT2D eigenvalue weighted by Gasteiger charge is -2.34. The molecule has 0 spiro atoms. The normalized spacial score (nSPS) is 24.0. The van der Waals surface area contributed by atoms with Crippen LogP contribution in [0.15, 0.2) is 36.3 Å². The van der Waals surface area contributed by atoms with E-state index in [-0.39, 0.29) is 0 Å². The quantitative estimate of drug-likeness (QED) is 0.533. The molecule has 2 aliphatic rings. The zero-order valence-electron chi connectivity index (χ0n) is 16.5. The van der Waals surface area contributed by atoms with E-state index in [4.69, 9.17) is 11.1 Å². The number of rotatable bonds is 3. The van der Waals surface area contributed by atoms with Crippen molar-refractivity contribution in [3.63, 3.8) is 0 Å². The molecular weight excluding hydrogens is 346 g/mol. The number of anilines is 1. The molecule has 2 aliphatic carbocycles. The van der Waals surface area contributed by atoms with Gasteiger partial charge in [0.2, 0.25) is 0 Å². The van der Waals surface area contributed by atoms with E-state index in [1.165, 1.54) is 6.42 Å². The molecule has 2 atom stereocenters. The Morgan fingerprint density at radius 2 is 2.18 bits per heavy atom. The highest BCUT2D eigenvalue weighted by atomic mass is 15.0. The summed E-state index contributed by atoms with van der Waals surface area (Å²) in [4.78, 5) is 8.87. The molecular formula is C23H27N5. The first-order valence-corrected chi connectivity index (χ1v) is 9.97. The van der Waals surface area contributed by atoms with E-state index in [1.54, 1.807) is 6.20 Å². The Morgan fingerprint density at radius 3 is 2.89 bits per heavy atom. The van der Waals surface area contributed by atoms with Gasteiger partial charge in [0.25, 0.3) is 0 Å². The molecule has 2 heterocycles. The lowest BCUT2D eigenvalue weighted by atomic mass is 9.74. The number of nitrogens with one attached hydrogen (secondary N) is 2. The van der Waals surface area contributed by atoms with Gasteiger partial charge in [0.05, 0.1) is 5.69 Å². The maximum absolute atomic E-state index is 8.45. The van der Waals surface area contributed by atoms with Crippen molar-refractivity contribution in [3.05, 3.63) is 53.0 Å². The van der Waals surface area contributed by atoms with Crippen LogP contribution in [0.1, 0.15) is 49.3 Å². The maximum atomic E-state index is 8.45. The van der Waals surface area contributed by atoms with Crippen molar-refractivity contribution in [2.45, 2.75) is 39.5 Å². The SMILES string of the molecule is Cc1ccncc1-c1cc2c(c(N)n1)/C=C\CC/C(NC(=N)C1CCC1C)=C\2. The van der Waals surface area contributed by atoms with E-state index in [0.29, 0.717) is 23.5 Å². The predicted molar refractivity (Wildman–Crippen MR) is 116 cm³/mol. The molecule has 144 valence electrons. The van der Waals surface area contributed by atoms with Crippen molar-refractivity contribution in [2.24, 2.45) is 11.8 Å². The smallest absolute Gasteiger partial charge is 0.131 e. The van der Waals surface area contributed by atoms with Gasteiger partial charge in [0.1, 0.15) is 11.7 Å². The Hall–Kier alpha value is -2.95. The Balaban J connectivity index is 1.71. The average Bonchev–Trinajstić information content (AvgIpc) is 2.63. The predicted octanol–water partition coefficient (Wildman–Crippen LogP) is 4.80. The third kappa shape index (κ3) is 3.57. The molecule has 2 aromatic rings. The van der Waals surface area contributed by atoms with Crippen LogP contribution in [0.3, 0.4) is 0 Å². The van der Waals surface area contributed by atoms with Gasteiger partial charge in [-0.15, -0.1) is 0 Å². The zero-order chi connectivity index (χ0) is 19.7. The van der Waals surface area contributed by atoms with Crippen molar-refractivity contribution in [1.82, 2.24) is 15.3 Å². The molecule has 0 amide bonds. The van der Waals surface area contributed by atoms with Crippen LogP contribution in [0.2, 0.25) is 0 Å². The third-order valence-electron chi connectivity index (χ3n) is 5.92. The van der Waals surface area contributed by atoms with Crippen LogP contribution >= 0.6 is 0 Å². The van der Waals surface area contributed by atoms with E-state index in [2.05, 4.69) is 53.4 Å². The number of nitrogens with two attached hydrogens (primary N) is 1. The van der Waals surface area contributed by atoms with Gasteiger partial charge in [0, 0.05) is 35.1 Å².